The fourth-order valence-electron chi connectivity index (χ4n) is 5.36. The molecule has 1 N–H and O–H groups in total. The van der Waals surface area contributed by atoms with E-state index < -0.39 is 17.7 Å². The smallest absolute Gasteiger partial charge is 0.416 e. The molecule has 2 aromatic carbocycles. The molecule has 6 nitrogen and oxygen atoms in total. The predicted octanol–water partition coefficient (Wildman–Crippen LogP) is 4.20. The minimum absolute atomic E-state index is 0.138. The Balaban J connectivity index is 1.30. The van der Waals surface area contributed by atoms with E-state index in [-0.39, 0.29) is 18.4 Å². The summed E-state index contributed by atoms with van der Waals surface area (Å²) in [4.78, 5) is 22.1. The number of rotatable bonds is 8. The van der Waals surface area contributed by atoms with Crippen molar-refractivity contribution in [2.75, 3.05) is 44.2 Å². The maximum absolute atomic E-state index is 13.4. The lowest BCUT2D eigenvalue weighted by atomic mass is 9.82. The lowest BCUT2D eigenvalue weighted by Gasteiger charge is -2.49. The van der Waals surface area contributed by atoms with Gasteiger partial charge in [0.1, 0.15) is 12.4 Å². The topological polar surface area (TPSA) is 57.7 Å². The lowest BCUT2D eigenvalue weighted by Crippen LogP contribution is -2.61. The lowest BCUT2D eigenvalue weighted by molar-refractivity contribution is -0.137. The first kappa shape index (κ1) is 26.0. The Bertz CT molecular complexity index is 1220. The van der Waals surface area contributed by atoms with Crippen molar-refractivity contribution in [2.45, 2.75) is 25.1 Å². The average molecular weight is 525 g/mol. The number of piperazine rings is 1. The van der Waals surface area contributed by atoms with Gasteiger partial charge in [0, 0.05) is 56.7 Å². The third-order valence-electron chi connectivity index (χ3n) is 7.29. The number of benzene rings is 2. The summed E-state index contributed by atoms with van der Waals surface area (Å²) >= 11 is 0. The Hall–Kier alpha value is -3.59. The Morgan fingerprint density at radius 1 is 1.05 bits per heavy atom. The number of para-hydroxylation sites is 1. The Morgan fingerprint density at radius 3 is 2.63 bits per heavy atom. The second-order valence-electron chi connectivity index (χ2n) is 9.74. The van der Waals surface area contributed by atoms with Crippen molar-refractivity contribution in [3.8, 4) is 5.75 Å². The van der Waals surface area contributed by atoms with Gasteiger partial charge in [0.2, 0.25) is 5.91 Å². The number of anilines is 1. The predicted molar refractivity (Wildman–Crippen MR) is 139 cm³/mol. The van der Waals surface area contributed by atoms with Crippen LogP contribution in [0, 0.1) is 5.92 Å². The number of amides is 1. The van der Waals surface area contributed by atoms with Gasteiger partial charge in [-0.25, -0.2) is 0 Å². The summed E-state index contributed by atoms with van der Waals surface area (Å²) in [5.74, 6) is 0.206. The number of nitrogens with zero attached hydrogens (tertiary/aromatic N) is 3. The third kappa shape index (κ3) is 6.10. The molecule has 2 atom stereocenters. The molecular weight excluding hydrogens is 493 g/mol. The highest BCUT2D eigenvalue weighted by molar-refractivity contribution is 5.82. The summed E-state index contributed by atoms with van der Waals surface area (Å²) in [6, 6.07) is 19.0. The van der Waals surface area contributed by atoms with Crippen LogP contribution in [0.3, 0.4) is 0 Å². The van der Waals surface area contributed by atoms with Gasteiger partial charge >= 0.3 is 6.18 Å². The van der Waals surface area contributed by atoms with Crippen LogP contribution >= 0.6 is 0 Å². The minimum atomic E-state index is -4.43. The largest absolute Gasteiger partial charge is 0.492 e. The summed E-state index contributed by atoms with van der Waals surface area (Å²) in [6.07, 6.45) is -1.86. The number of alkyl halides is 3. The molecule has 0 bridgehead atoms. The van der Waals surface area contributed by atoms with Crippen LogP contribution in [0.15, 0.2) is 72.9 Å². The molecule has 0 spiro atoms. The van der Waals surface area contributed by atoms with Gasteiger partial charge in [-0.15, -0.1) is 0 Å². The number of hydrogen-bond acceptors (Lipinski definition) is 5. The van der Waals surface area contributed by atoms with Gasteiger partial charge in [-0.3, -0.25) is 14.7 Å². The quantitative estimate of drug-likeness (QED) is 0.479. The molecule has 38 heavy (non-hydrogen) atoms. The van der Waals surface area contributed by atoms with Crippen LogP contribution in [0.2, 0.25) is 0 Å². The number of carbonyl (C=O) groups is 1. The van der Waals surface area contributed by atoms with Gasteiger partial charge in [0.05, 0.1) is 17.5 Å². The van der Waals surface area contributed by atoms with E-state index in [1.165, 1.54) is 6.07 Å². The molecule has 1 fully saturated rings. The maximum atomic E-state index is 13.4. The highest BCUT2D eigenvalue weighted by Gasteiger charge is 2.42. The fraction of sp³-hybridized carbons (Fsp3) is 0.379. The normalized spacial score (nSPS) is 19.4. The molecule has 1 aromatic heterocycles. The van der Waals surface area contributed by atoms with Gasteiger partial charge < -0.3 is 15.0 Å². The van der Waals surface area contributed by atoms with Crippen LogP contribution in [0.5, 0.6) is 5.75 Å². The number of halogens is 3. The molecule has 200 valence electrons. The zero-order valence-electron chi connectivity index (χ0n) is 21.0. The molecule has 2 aliphatic rings. The van der Waals surface area contributed by atoms with Crippen molar-refractivity contribution >= 4 is 11.6 Å². The molecule has 2 aliphatic heterocycles. The first-order chi connectivity index (χ1) is 18.4. The zero-order valence-corrected chi connectivity index (χ0v) is 21.0. The Morgan fingerprint density at radius 2 is 1.87 bits per heavy atom. The molecule has 0 aliphatic carbocycles. The molecule has 5 rings (SSSR count). The van der Waals surface area contributed by atoms with Crippen LogP contribution in [0.1, 0.15) is 16.8 Å². The second-order valence-corrected chi connectivity index (χ2v) is 9.74. The van der Waals surface area contributed by atoms with Crippen molar-refractivity contribution < 1.29 is 22.7 Å². The molecule has 3 aromatic rings. The summed E-state index contributed by atoms with van der Waals surface area (Å²) in [7, 11) is 0. The van der Waals surface area contributed by atoms with E-state index in [0.717, 1.165) is 29.7 Å². The third-order valence-corrected chi connectivity index (χ3v) is 7.29. The Labute approximate surface area is 220 Å². The standard InChI is InChI=1S/C29H31F3N4O2/c30-29(31,32)22-9-10-26-21(18-22)19-25(28(37)34-13-11-23-6-4-5-12-33-23)27-20-35(14-15-36(26)27)16-17-38-24-7-2-1-3-8-24/h1-10,12,18,25,27H,11,13-17,19-20H2,(H,34,37)/t25-,27-/m0/s1. The first-order valence-corrected chi connectivity index (χ1v) is 12.9. The molecule has 3 heterocycles. The van der Waals surface area contributed by atoms with Gasteiger partial charge in [-0.2, -0.15) is 13.2 Å². The van der Waals surface area contributed by atoms with Gasteiger partial charge in [-0.1, -0.05) is 24.3 Å². The Kier molecular flexibility index (Phi) is 7.83. The van der Waals surface area contributed by atoms with Crippen LogP contribution in [0.25, 0.3) is 0 Å². The molecule has 1 amide bonds. The first-order valence-electron chi connectivity index (χ1n) is 12.9. The van der Waals surface area contributed by atoms with E-state index in [1.54, 1.807) is 12.3 Å². The number of aromatic nitrogens is 1. The van der Waals surface area contributed by atoms with Gasteiger partial charge in [0.25, 0.3) is 0 Å². The summed E-state index contributed by atoms with van der Waals surface area (Å²) in [5, 5.41) is 3.02. The van der Waals surface area contributed by atoms with Crippen LogP contribution in [-0.2, 0) is 23.8 Å². The van der Waals surface area contributed by atoms with Crippen LogP contribution in [-0.4, -0.2) is 61.2 Å². The molecule has 1 saturated heterocycles. The molecule has 0 unspecified atom stereocenters. The number of pyridine rings is 1. The van der Waals surface area contributed by atoms with Crippen LogP contribution < -0.4 is 15.0 Å². The fourth-order valence-corrected chi connectivity index (χ4v) is 5.36. The summed E-state index contributed by atoms with van der Waals surface area (Å²) in [5.41, 5.74) is 1.56. The number of ether oxygens (including phenoxy) is 1. The van der Waals surface area contributed by atoms with Gasteiger partial charge in [0.15, 0.2) is 0 Å². The molecule has 0 radical (unpaired) electrons. The van der Waals surface area contributed by atoms with E-state index in [4.69, 9.17) is 4.74 Å². The van der Waals surface area contributed by atoms with Crippen LogP contribution in [0.4, 0.5) is 18.9 Å². The van der Waals surface area contributed by atoms with E-state index in [0.29, 0.717) is 44.8 Å². The second kappa shape index (κ2) is 11.4. The van der Waals surface area contributed by atoms with Gasteiger partial charge in [-0.05, 0) is 54.4 Å². The number of carbonyl (C=O) groups excluding carboxylic acids is 1. The maximum Gasteiger partial charge on any atom is 0.416 e. The van der Waals surface area contributed by atoms with E-state index in [2.05, 4.69) is 20.1 Å². The van der Waals surface area contributed by atoms with Crippen molar-refractivity contribution in [1.82, 2.24) is 15.2 Å². The highest BCUT2D eigenvalue weighted by Crippen LogP contribution is 2.39. The monoisotopic (exact) mass is 524 g/mol. The van der Waals surface area contributed by atoms with E-state index in [9.17, 15) is 18.0 Å². The number of hydrogen-bond donors (Lipinski definition) is 1. The van der Waals surface area contributed by atoms with Crippen molar-refractivity contribution in [2.24, 2.45) is 5.92 Å². The molecule has 9 heteroatoms. The summed E-state index contributed by atoms with van der Waals surface area (Å²) in [6.45, 7) is 3.64. The number of fused-ring (bicyclic) bond motifs is 3. The highest BCUT2D eigenvalue weighted by atomic mass is 19.4. The summed E-state index contributed by atoms with van der Waals surface area (Å²) < 4.78 is 46.2. The van der Waals surface area contributed by atoms with Crippen molar-refractivity contribution in [3.63, 3.8) is 0 Å². The number of nitrogens with one attached hydrogen (secondary N) is 1. The molecular formula is C29H31F3N4O2. The average Bonchev–Trinajstić information content (AvgIpc) is 2.93. The van der Waals surface area contributed by atoms with E-state index in [1.807, 2.05) is 48.5 Å². The SMILES string of the molecule is O=C(NCCc1ccccn1)[C@H]1Cc2cc(C(F)(F)F)ccc2N2CCN(CCOc3ccccc3)C[C@@H]12. The zero-order chi connectivity index (χ0) is 26.5. The van der Waals surface area contributed by atoms with E-state index >= 15 is 0 Å². The molecule has 0 saturated carbocycles. The minimum Gasteiger partial charge on any atom is -0.492 e. The van der Waals surface area contributed by atoms with Crippen molar-refractivity contribution in [3.05, 3.63) is 89.7 Å². The van der Waals surface area contributed by atoms with Crippen molar-refractivity contribution in [1.29, 1.82) is 0 Å².